The predicted octanol–water partition coefficient (Wildman–Crippen LogP) is 3.21. The highest BCUT2D eigenvalue weighted by Gasteiger charge is 2.12. The summed E-state index contributed by atoms with van der Waals surface area (Å²) >= 11 is 5.12. The number of carbonyl (C=O) groups excluding carboxylic acids is 1. The van der Waals surface area contributed by atoms with Crippen molar-refractivity contribution in [2.45, 2.75) is 25.2 Å². The zero-order chi connectivity index (χ0) is 20.6. The van der Waals surface area contributed by atoms with E-state index in [4.69, 9.17) is 12.2 Å². The molecule has 0 bridgehead atoms. The molecule has 0 radical (unpaired) electrons. The van der Waals surface area contributed by atoms with Crippen molar-refractivity contribution in [2.24, 2.45) is 0 Å². The number of rotatable bonds is 7. The molecule has 6 nitrogen and oxygen atoms in total. The second-order valence-electron chi connectivity index (χ2n) is 6.11. The Morgan fingerprint density at radius 2 is 1.71 bits per heavy atom. The van der Waals surface area contributed by atoms with Crippen molar-refractivity contribution in [1.29, 1.82) is 0 Å². The van der Waals surface area contributed by atoms with Crippen molar-refractivity contribution in [2.75, 3.05) is 11.9 Å². The zero-order valence-electron chi connectivity index (χ0n) is 15.7. The van der Waals surface area contributed by atoms with Crippen molar-refractivity contribution in [1.82, 2.24) is 10.0 Å². The molecule has 0 aromatic heterocycles. The summed E-state index contributed by atoms with van der Waals surface area (Å²) in [5.41, 5.74) is 2.63. The fourth-order valence-electron chi connectivity index (χ4n) is 2.20. The van der Waals surface area contributed by atoms with Crippen LogP contribution in [0.25, 0.3) is 6.08 Å². The Labute approximate surface area is 171 Å². The molecule has 148 valence electrons. The lowest BCUT2D eigenvalue weighted by atomic mass is 10.1. The summed E-state index contributed by atoms with van der Waals surface area (Å²) in [7, 11) is -3.51. The number of nitrogens with one attached hydrogen (secondary N) is 3. The fraction of sp³-hybridized carbons (Fsp3) is 0.200. The molecule has 2 aromatic rings. The van der Waals surface area contributed by atoms with Gasteiger partial charge in [0.1, 0.15) is 0 Å². The molecule has 0 spiro atoms. The molecular formula is C20H23N3O3S2. The van der Waals surface area contributed by atoms with Gasteiger partial charge in [-0.25, -0.2) is 13.1 Å². The molecule has 0 heterocycles. The summed E-state index contributed by atoms with van der Waals surface area (Å²) in [6, 6.07) is 13.9. The third-order valence-electron chi connectivity index (χ3n) is 3.71. The van der Waals surface area contributed by atoms with E-state index in [1.54, 1.807) is 18.2 Å². The minimum Gasteiger partial charge on any atom is -0.332 e. The van der Waals surface area contributed by atoms with Crippen molar-refractivity contribution in [3.8, 4) is 0 Å². The Kier molecular flexibility index (Phi) is 7.86. The van der Waals surface area contributed by atoms with Gasteiger partial charge in [-0.1, -0.05) is 36.8 Å². The van der Waals surface area contributed by atoms with Crippen LogP contribution < -0.4 is 15.4 Å². The Hall–Kier alpha value is -2.55. The number of thiocarbonyl (C=S) groups is 1. The van der Waals surface area contributed by atoms with Gasteiger partial charge in [-0.05, 0) is 61.5 Å². The van der Waals surface area contributed by atoms with Gasteiger partial charge >= 0.3 is 0 Å². The zero-order valence-corrected chi connectivity index (χ0v) is 17.4. The van der Waals surface area contributed by atoms with Gasteiger partial charge in [-0.2, -0.15) is 0 Å². The average Bonchev–Trinajstić information content (AvgIpc) is 2.66. The Morgan fingerprint density at radius 1 is 1.07 bits per heavy atom. The van der Waals surface area contributed by atoms with E-state index < -0.39 is 10.0 Å². The Morgan fingerprint density at radius 3 is 2.32 bits per heavy atom. The molecule has 0 fully saturated rings. The molecule has 2 aromatic carbocycles. The van der Waals surface area contributed by atoms with Crippen molar-refractivity contribution in [3.05, 3.63) is 65.7 Å². The van der Waals surface area contributed by atoms with Gasteiger partial charge in [0.15, 0.2) is 5.11 Å². The van der Waals surface area contributed by atoms with Gasteiger partial charge in [0.2, 0.25) is 15.9 Å². The lowest BCUT2D eigenvalue weighted by Crippen LogP contribution is -2.32. The number of hydrogen-bond acceptors (Lipinski definition) is 4. The first kappa shape index (κ1) is 21.7. The maximum atomic E-state index is 12.1. The number of benzene rings is 2. The van der Waals surface area contributed by atoms with Gasteiger partial charge in [0.05, 0.1) is 4.90 Å². The molecule has 2 rings (SSSR count). The van der Waals surface area contributed by atoms with Crippen LogP contribution in [0.4, 0.5) is 5.69 Å². The molecule has 0 aliphatic heterocycles. The number of aryl methyl sites for hydroxylation is 1. The monoisotopic (exact) mass is 417 g/mol. The molecule has 8 heteroatoms. The van der Waals surface area contributed by atoms with Crippen molar-refractivity contribution >= 4 is 45.0 Å². The standard InChI is InChI=1S/C20H23N3O3S2/c1-3-14-21-28(25,26)18-11-9-17(10-12-18)22-20(27)23-19(24)13-8-16-6-4-15(2)5-7-16/h4-13,21H,3,14H2,1-2H3,(H2,22,23,24,27). The molecule has 0 aliphatic carbocycles. The van der Waals surface area contributed by atoms with E-state index >= 15 is 0 Å². The largest absolute Gasteiger partial charge is 0.332 e. The lowest BCUT2D eigenvalue weighted by molar-refractivity contribution is -0.115. The van der Waals surface area contributed by atoms with E-state index in [1.807, 2.05) is 38.1 Å². The second-order valence-corrected chi connectivity index (χ2v) is 8.28. The summed E-state index contributed by atoms with van der Waals surface area (Å²) in [6.45, 7) is 4.27. The quantitative estimate of drug-likeness (QED) is 0.476. The van der Waals surface area contributed by atoms with Gasteiger partial charge in [-0.3, -0.25) is 10.1 Å². The van der Waals surface area contributed by atoms with Gasteiger partial charge in [0.25, 0.3) is 0 Å². The SMILES string of the molecule is CCCNS(=O)(=O)c1ccc(NC(=S)NC(=O)C=Cc2ccc(C)cc2)cc1. The normalized spacial score (nSPS) is 11.4. The first-order valence-corrected chi connectivity index (χ1v) is 10.7. The molecule has 0 aliphatic rings. The smallest absolute Gasteiger partial charge is 0.250 e. The summed E-state index contributed by atoms with van der Waals surface area (Å²) in [6.07, 6.45) is 3.80. The minimum atomic E-state index is -3.51. The van der Waals surface area contributed by atoms with Crippen LogP contribution in [0.5, 0.6) is 0 Å². The van der Waals surface area contributed by atoms with Crippen LogP contribution in [0, 0.1) is 6.92 Å². The van der Waals surface area contributed by atoms with Crippen molar-refractivity contribution in [3.63, 3.8) is 0 Å². The van der Waals surface area contributed by atoms with Crippen LogP contribution in [-0.2, 0) is 14.8 Å². The minimum absolute atomic E-state index is 0.123. The molecule has 0 saturated carbocycles. The van der Waals surface area contributed by atoms with Crippen LogP contribution in [0.3, 0.4) is 0 Å². The van der Waals surface area contributed by atoms with Crippen LogP contribution >= 0.6 is 12.2 Å². The van der Waals surface area contributed by atoms with E-state index in [1.165, 1.54) is 18.2 Å². The van der Waals surface area contributed by atoms with E-state index in [-0.39, 0.29) is 15.9 Å². The summed E-state index contributed by atoms with van der Waals surface area (Å²) in [5.74, 6) is -0.360. The molecule has 3 N–H and O–H groups in total. The Balaban J connectivity index is 1.90. The third kappa shape index (κ3) is 6.88. The highest BCUT2D eigenvalue weighted by atomic mass is 32.2. The number of hydrogen-bond donors (Lipinski definition) is 3. The maximum Gasteiger partial charge on any atom is 0.250 e. The second kappa shape index (κ2) is 10.1. The first-order chi connectivity index (χ1) is 13.3. The molecule has 0 atom stereocenters. The topological polar surface area (TPSA) is 87.3 Å². The number of amides is 1. The number of anilines is 1. The van der Waals surface area contributed by atoms with E-state index in [9.17, 15) is 13.2 Å². The summed E-state index contributed by atoms with van der Waals surface area (Å²) in [5, 5.41) is 5.52. The van der Waals surface area contributed by atoms with Crippen LogP contribution in [-0.4, -0.2) is 26.0 Å². The van der Waals surface area contributed by atoms with E-state index in [0.717, 1.165) is 11.1 Å². The lowest BCUT2D eigenvalue weighted by Gasteiger charge is -2.10. The van der Waals surface area contributed by atoms with E-state index in [2.05, 4.69) is 15.4 Å². The van der Waals surface area contributed by atoms with Crippen LogP contribution in [0.15, 0.2) is 59.5 Å². The molecule has 28 heavy (non-hydrogen) atoms. The Bertz CT molecular complexity index is 951. The van der Waals surface area contributed by atoms with Gasteiger partial charge in [-0.15, -0.1) is 0 Å². The number of carbonyl (C=O) groups is 1. The predicted molar refractivity (Wildman–Crippen MR) is 116 cm³/mol. The number of sulfonamides is 1. The summed E-state index contributed by atoms with van der Waals surface area (Å²) in [4.78, 5) is 12.1. The highest BCUT2D eigenvalue weighted by molar-refractivity contribution is 7.89. The molecular weight excluding hydrogens is 394 g/mol. The molecule has 1 amide bonds. The molecule has 0 unspecified atom stereocenters. The fourth-order valence-corrected chi connectivity index (χ4v) is 3.55. The van der Waals surface area contributed by atoms with Gasteiger partial charge < -0.3 is 5.32 Å². The maximum absolute atomic E-state index is 12.1. The highest BCUT2D eigenvalue weighted by Crippen LogP contribution is 2.14. The van der Waals surface area contributed by atoms with Crippen LogP contribution in [0.1, 0.15) is 24.5 Å². The first-order valence-electron chi connectivity index (χ1n) is 8.76. The van der Waals surface area contributed by atoms with E-state index in [0.29, 0.717) is 18.7 Å². The average molecular weight is 418 g/mol. The van der Waals surface area contributed by atoms with Crippen molar-refractivity contribution < 1.29 is 13.2 Å². The molecule has 0 saturated heterocycles. The van der Waals surface area contributed by atoms with Gasteiger partial charge in [0, 0.05) is 18.3 Å². The summed E-state index contributed by atoms with van der Waals surface area (Å²) < 4.78 is 26.6. The van der Waals surface area contributed by atoms with Crippen LogP contribution in [0.2, 0.25) is 0 Å². The third-order valence-corrected chi connectivity index (χ3v) is 5.39.